The van der Waals surface area contributed by atoms with Crippen LogP contribution in [0.1, 0.15) is 49.4 Å². The van der Waals surface area contributed by atoms with Crippen LogP contribution in [0, 0.1) is 0 Å². The molecule has 0 bridgehead atoms. The Bertz CT molecular complexity index is 638. The fourth-order valence-electron chi connectivity index (χ4n) is 3.85. The number of rotatable bonds is 4. The molecule has 1 atom stereocenters. The summed E-state index contributed by atoms with van der Waals surface area (Å²) in [5.41, 5.74) is 0.547. The minimum Gasteiger partial charge on any atom is -0.352 e. The number of hydrogen-bond acceptors (Lipinski definition) is 3. The second kappa shape index (κ2) is 8.87. The molecule has 1 aromatic rings. The van der Waals surface area contributed by atoms with Crippen LogP contribution >= 0.6 is 11.6 Å². The van der Waals surface area contributed by atoms with E-state index in [0.717, 1.165) is 12.8 Å². The Balaban J connectivity index is 1.50. The van der Waals surface area contributed by atoms with Crippen LogP contribution < -0.4 is 5.32 Å². The second-order valence-corrected chi connectivity index (χ2v) is 7.73. The number of benzene rings is 1. The molecule has 1 aliphatic carbocycles. The number of hydrogen-bond donors (Lipinski definition) is 1. The van der Waals surface area contributed by atoms with Gasteiger partial charge in [-0.25, -0.2) is 0 Å². The van der Waals surface area contributed by atoms with Gasteiger partial charge >= 0.3 is 0 Å². The minimum atomic E-state index is -0.158. The fraction of sp³-hybridized carbons (Fsp3) is 0.600. The van der Waals surface area contributed by atoms with Gasteiger partial charge in [0.15, 0.2) is 0 Å². The van der Waals surface area contributed by atoms with Gasteiger partial charge in [-0.3, -0.25) is 14.5 Å². The first kappa shape index (κ1) is 19.2. The van der Waals surface area contributed by atoms with E-state index >= 15 is 0 Å². The van der Waals surface area contributed by atoms with Crippen molar-refractivity contribution < 1.29 is 9.59 Å². The van der Waals surface area contributed by atoms with Crippen molar-refractivity contribution in [2.45, 2.75) is 51.1 Å². The molecule has 0 aromatic heterocycles. The van der Waals surface area contributed by atoms with Crippen molar-refractivity contribution in [1.82, 2.24) is 15.1 Å². The van der Waals surface area contributed by atoms with Gasteiger partial charge in [-0.1, -0.05) is 43.0 Å². The smallest absolute Gasteiger partial charge is 0.255 e. The molecule has 142 valence electrons. The molecule has 2 amide bonds. The first-order valence-electron chi connectivity index (χ1n) is 9.64. The van der Waals surface area contributed by atoms with Crippen molar-refractivity contribution in [1.29, 1.82) is 0 Å². The van der Waals surface area contributed by atoms with E-state index in [-0.39, 0.29) is 17.9 Å². The molecule has 0 unspecified atom stereocenters. The molecular formula is C20H28ClN3O2. The van der Waals surface area contributed by atoms with Crippen molar-refractivity contribution in [2.75, 3.05) is 26.2 Å². The lowest BCUT2D eigenvalue weighted by Crippen LogP contribution is -2.56. The van der Waals surface area contributed by atoms with Gasteiger partial charge < -0.3 is 10.2 Å². The van der Waals surface area contributed by atoms with Gasteiger partial charge in [0.25, 0.3) is 5.91 Å². The van der Waals surface area contributed by atoms with Gasteiger partial charge in [0.1, 0.15) is 0 Å². The van der Waals surface area contributed by atoms with Gasteiger partial charge in [-0.15, -0.1) is 0 Å². The molecule has 1 saturated heterocycles. The van der Waals surface area contributed by atoms with Crippen molar-refractivity contribution >= 4 is 23.4 Å². The van der Waals surface area contributed by atoms with Gasteiger partial charge in [0.2, 0.25) is 5.91 Å². The number of carbonyl (C=O) groups excluding carboxylic acids is 2. The third-order valence-electron chi connectivity index (χ3n) is 5.58. The van der Waals surface area contributed by atoms with E-state index in [1.165, 1.54) is 19.3 Å². The Kier molecular flexibility index (Phi) is 6.54. The number of nitrogens with zero attached hydrogens (tertiary/aromatic N) is 2. The van der Waals surface area contributed by atoms with Crippen LogP contribution in [0.25, 0.3) is 0 Å². The summed E-state index contributed by atoms with van der Waals surface area (Å²) in [6, 6.07) is 7.33. The molecule has 6 heteroatoms. The summed E-state index contributed by atoms with van der Waals surface area (Å²) >= 11 is 6.14. The maximum absolute atomic E-state index is 12.6. The molecule has 2 fully saturated rings. The lowest BCUT2D eigenvalue weighted by Gasteiger charge is -2.38. The SMILES string of the molecule is C[C@H](C(=O)NC1CCCCC1)N1CCN(C(=O)c2ccccc2Cl)CC1. The molecule has 0 spiro atoms. The number of nitrogens with one attached hydrogen (secondary N) is 1. The Hall–Kier alpha value is -1.59. The van der Waals surface area contributed by atoms with Crippen LogP contribution in [-0.4, -0.2) is 59.9 Å². The number of amides is 2. The average molecular weight is 378 g/mol. The van der Waals surface area contributed by atoms with Gasteiger partial charge in [-0.05, 0) is 31.9 Å². The first-order valence-corrected chi connectivity index (χ1v) is 10.0. The second-order valence-electron chi connectivity index (χ2n) is 7.33. The van der Waals surface area contributed by atoms with Crippen LogP contribution in [-0.2, 0) is 4.79 Å². The zero-order valence-electron chi connectivity index (χ0n) is 15.4. The summed E-state index contributed by atoms with van der Waals surface area (Å²) < 4.78 is 0. The summed E-state index contributed by atoms with van der Waals surface area (Å²) in [5.74, 6) is 0.0809. The Labute approximate surface area is 160 Å². The van der Waals surface area contributed by atoms with E-state index < -0.39 is 0 Å². The monoisotopic (exact) mass is 377 g/mol. The molecule has 5 nitrogen and oxygen atoms in total. The van der Waals surface area contributed by atoms with Crippen LogP contribution in [0.15, 0.2) is 24.3 Å². The Morgan fingerprint density at radius 2 is 1.73 bits per heavy atom. The predicted molar refractivity (Wildman–Crippen MR) is 103 cm³/mol. The summed E-state index contributed by atoms with van der Waals surface area (Å²) in [6.45, 7) is 4.60. The van der Waals surface area contributed by atoms with Crippen molar-refractivity contribution in [3.8, 4) is 0 Å². The quantitative estimate of drug-likeness (QED) is 0.877. The standard InChI is InChI=1S/C20H28ClN3O2/c1-15(19(25)22-16-7-3-2-4-8-16)23-11-13-24(14-12-23)20(26)17-9-5-6-10-18(17)21/h5-6,9-10,15-16H,2-4,7-8,11-14H2,1H3,(H,22,25)/t15-/m1/s1. The average Bonchev–Trinajstić information content (AvgIpc) is 2.68. The Morgan fingerprint density at radius 1 is 1.08 bits per heavy atom. The van der Waals surface area contributed by atoms with Gasteiger partial charge in [0, 0.05) is 32.2 Å². The molecule has 2 aliphatic rings. The van der Waals surface area contributed by atoms with E-state index in [0.29, 0.717) is 42.8 Å². The molecule has 1 N–H and O–H groups in total. The highest BCUT2D eigenvalue weighted by Gasteiger charge is 2.29. The summed E-state index contributed by atoms with van der Waals surface area (Å²) in [5, 5.41) is 3.69. The molecule has 1 aliphatic heterocycles. The third-order valence-corrected chi connectivity index (χ3v) is 5.91. The zero-order chi connectivity index (χ0) is 18.5. The van der Waals surface area contributed by atoms with Crippen LogP contribution in [0.4, 0.5) is 0 Å². The van der Waals surface area contributed by atoms with Crippen LogP contribution in [0.5, 0.6) is 0 Å². The largest absolute Gasteiger partial charge is 0.352 e. The maximum atomic E-state index is 12.6. The summed E-state index contributed by atoms with van der Waals surface area (Å²) in [6.07, 6.45) is 5.89. The molecule has 1 aromatic carbocycles. The molecule has 26 heavy (non-hydrogen) atoms. The third kappa shape index (κ3) is 4.57. The summed E-state index contributed by atoms with van der Waals surface area (Å²) in [4.78, 5) is 29.2. The summed E-state index contributed by atoms with van der Waals surface area (Å²) in [7, 11) is 0. The van der Waals surface area contributed by atoms with E-state index in [2.05, 4.69) is 10.2 Å². The highest BCUT2D eigenvalue weighted by molar-refractivity contribution is 6.33. The topological polar surface area (TPSA) is 52.7 Å². The van der Waals surface area contributed by atoms with Gasteiger partial charge in [-0.2, -0.15) is 0 Å². The molecule has 1 heterocycles. The van der Waals surface area contributed by atoms with Gasteiger partial charge in [0.05, 0.1) is 16.6 Å². The fourth-order valence-corrected chi connectivity index (χ4v) is 4.07. The molecular weight excluding hydrogens is 350 g/mol. The molecule has 3 rings (SSSR count). The Morgan fingerprint density at radius 3 is 2.38 bits per heavy atom. The molecule has 1 saturated carbocycles. The minimum absolute atomic E-state index is 0.0328. The molecule has 0 radical (unpaired) electrons. The number of halogens is 1. The number of piperazine rings is 1. The number of carbonyl (C=O) groups is 2. The van der Waals surface area contributed by atoms with Crippen LogP contribution in [0.2, 0.25) is 5.02 Å². The van der Waals surface area contributed by atoms with E-state index in [4.69, 9.17) is 11.6 Å². The highest BCUT2D eigenvalue weighted by Crippen LogP contribution is 2.20. The normalized spacial score (nSPS) is 20.6. The van der Waals surface area contributed by atoms with Crippen molar-refractivity contribution in [3.05, 3.63) is 34.9 Å². The lowest BCUT2D eigenvalue weighted by atomic mass is 9.95. The zero-order valence-corrected chi connectivity index (χ0v) is 16.2. The van der Waals surface area contributed by atoms with Crippen molar-refractivity contribution in [3.63, 3.8) is 0 Å². The van der Waals surface area contributed by atoms with Crippen LogP contribution in [0.3, 0.4) is 0 Å². The van der Waals surface area contributed by atoms with Crippen molar-refractivity contribution in [2.24, 2.45) is 0 Å². The van der Waals surface area contributed by atoms with E-state index in [9.17, 15) is 9.59 Å². The van der Waals surface area contributed by atoms with E-state index in [1.807, 2.05) is 24.0 Å². The first-order chi connectivity index (χ1) is 12.6. The highest BCUT2D eigenvalue weighted by atomic mass is 35.5. The van der Waals surface area contributed by atoms with E-state index in [1.54, 1.807) is 12.1 Å². The lowest BCUT2D eigenvalue weighted by molar-refractivity contribution is -0.127. The predicted octanol–water partition coefficient (Wildman–Crippen LogP) is 2.94. The maximum Gasteiger partial charge on any atom is 0.255 e.